The summed E-state index contributed by atoms with van der Waals surface area (Å²) in [5.74, 6) is -0.129. The van der Waals surface area contributed by atoms with Gasteiger partial charge >= 0.3 is 5.97 Å². The van der Waals surface area contributed by atoms with Crippen LogP contribution < -0.4 is 0 Å². The summed E-state index contributed by atoms with van der Waals surface area (Å²) in [4.78, 5) is 11.7. The van der Waals surface area contributed by atoms with E-state index in [2.05, 4.69) is 6.92 Å². The summed E-state index contributed by atoms with van der Waals surface area (Å²) < 4.78 is 38.1. The molecule has 0 radical (unpaired) electrons. The summed E-state index contributed by atoms with van der Waals surface area (Å²) in [5, 5.41) is 0. The third-order valence-corrected chi connectivity index (χ3v) is 5.95. The zero-order valence-electron chi connectivity index (χ0n) is 24.4. The first-order chi connectivity index (χ1) is 19.3. The fourth-order valence-corrected chi connectivity index (χ4v) is 3.73. The highest BCUT2D eigenvalue weighted by atomic mass is 16.6. The zero-order chi connectivity index (χ0) is 27.9. The largest absolute Gasteiger partial charge is 0.463 e. The molecule has 0 saturated carbocycles. The molecule has 0 atom stereocenters. The highest BCUT2D eigenvalue weighted by Crippen LogP contribution is 2.10. The Balaban J connectivity index is 1.67. The summed E-state index contributed by atoms with van der Waals surface area (Å²) in [6.07, 6.45) is 11.7. The molecular formula is C31H54O8. The van der Waals surface area contributed by atoms with Crippen molar-refractivity contribution in [2.75, 3.05) is 79.3 Å². The van der Waals surface area contributed by atoms with Crippen molar-refractivity contribution >= 4 is 5.97 Å². The molecule has 0 saturated heterocycles. The lowest BCUT2D eigenvalue weighted by molar-refractivity contribution is -0.145. The van der Waals surface area contributed by atoms with Gasteiger partial charge in [0.15, 0.2) is 0 Å². The fourth-order valence-electron chi connectivity index (χ4n) is 3.73. The van der Waals surface area contributed by atoms with Gasteiger partial charge in [-0.2, -0.15) is 0 Å². The molecule has 0 aliphatic heterocycles. The van der Waals surface area contributed by atoms with Crippen molar-refractivity contribution in [2.45, 2.75) is 77.7 Å². The minimum Gasteiger partial charge on any atom is -0.463 e. The maximum absolute atomic E-state index is 11.7. The Morgan fingerprint density at radius 2 is 0.923 bits per heavy atom. The van der Waals surface area contributed by atoms with Crippen molar-refractivity contribution in [3.63, 3.8) is 0 Å². The lowest BCUT2D eigenvalue weighted by atomic mass is 10.1. The van der Waals surface area contributed by atoms with Gasteiger partial charge in [-0.1, -0.05) is 88.6 Å². The van der Waals surface area contributed by atoms with Crippen LogP contribution in [0.2, 0.25) is 0 Å². The highest BCUT2D eigenvalue weighted by molar-refractivity contribution is 5.69. The molecule has 0 spiro atoms. The van der Waals surface area contributed by atoms with E-state index in [0.29, 0.717) is 92.3 Å². The van der Waals surface area contributed by atoms with Crippen molar-refractivity contribution in [1.82, 2.24) is 0 Å². The predicted molar refractivity (Wildman–Crippen MR) is 153 cm³/mol. The Bertz CT molecular complexity index is 628. The number of carbonyl (C=O) groups excluding carboxylic acids is 1. The van der Waals surface area contributed by atoms with Crippen molar-refractivity contribution in [3.8, 4) is 0 Å². The molecule has 0 heterocycles. The van der Waals surface area contributed by atoms with Crippen LogP contribution in [0, 0.1) is 0 Å². The van der Waals surface area contributed by atoms with E-state index < -0.39 is 0 Å². The van der Waals surface area contributed by atoms with E-state index in [0.717, 1.165) is 18.4 Å². The van der Waals surface area contributed by atoms with Crippen LogP contribution in [0.4, 0.5) is 0 Å². The summed E-state index contributed by atoms with van der Waals surface area (Å²) in [6.45, 7) is 8.73. The van der Waals surface area contributed by atoms with E-state index in [1.165, 1.54) is 44.9 Å². The number of hydrogen-bond acceptors (Lipinski definition) is 8. The topological polar surface area (TPSA) is 81.7 Å². The van der Waals surface area contributed by atoms with Gasteiger partial charge < -0.3 is 33.2 Å². The molecular weight excluding hydrogens is 500 g/mol. The molecule has 226 valence electrons. The molecule has 8 heteroatoms. The van der Waals surface area contributed by atoms with Crippen LogP contribution in [-0.2, 0) is 44.6 Å². The number of hydrogen-bond donors (Lipinski definition) is 0. The van der Waals surface area contributed by atoms with Gasteiger partial charge in [0.2, 0.25) is 0 Å². The molecule has 0 bridgehead atoms. The van der Waals surface area contributed by atoms with Crippen LogP contribution in [-0.4, -0.2) is 85.3 Å². The molecule has 0 aliphatic rings. The van der Waals surface area contributed by atoms with E-state index in [9.17, 15) is 4.79 Å². The minimum atomic E-state index is -0.129. The number of rotatable bonds is 30. The van der Waals surface area contributed by atoms with Gasteiger partial charge in [0, 0.05) is 6.42 Å². The third-order valence-electron chi connectivity index (χ3n) is 5.95. The van der Waals surface area contributed by atoms with Crippen molar-refractivity contribution < 1.29 is 38.0 Å². The van der Waals surface area contributed by atoms with Gasteiger partial charge in [-0.25, -0.2) is 0 Å². The van der Waals surface area contributed by atoms with Gasteiger partial charge in [-0.15, -0.1) is 0 Å². The quantitative estimate of drug-likeness (QED) is 0.0878. The maximum atomic E-state index is 11.7. The van der Waals surface area contributed by atoms with E-state index in [-0.39, 0.29) is 5.97 Å². The van der Waals surface area contributed by atoms with Crippen molar-refractivity contribution in [2.24, 2.45) is 0 Å². The molecule has 39 heavy (non-hydrogen) atoms. The number of esters is 1. The van der Waals surface area contributed by atoms with Crippen LogP contribution in [0.1, 0.15) is 76.7 Å². The standard InChI is InChI=1S/C31H54O8/c1-2-3-4-5-6-7-8-9-13-16-31(32)39-28-27-37-24-23-35-20-19-33-17-18-34-21-22-36-25-26-38-29-30-14-11-10-12-15-30/h10-12,14-15H,2-9,13,16-29H2,1H3. The molecule has 0 N–H and O–H groups in total. The summed E-state index contributed by atoms with van der Waals surface area (Å²) in [7, 11) is 0. The van der Waals surface area contributed by atoms with E-state index in [4.69, 9.17) is 33.2 Å². The van der Waals surface area contributed by atoms with Crippen LogP contribution in [0.15, 0.2) is 30.3 Å². The Morgan fingerprint density at radius 3 is 1.41 bits per heavy atom. The fraction of sp³-hybridized carbons (Fsp3) is 0.774. The SMILES string of the molecule is CCCCCCCCCCCC(=O)OCCOCCOCCOCCOCCOCCOCc1ccccc1. The van der Waals surface area contributed by atoms with Crippen LogP contribution >= 0.6 is 0 Å². The molecule has 1 aromatic carbocycles. The monoisotopic (exact) mass is 554 g/mol. The van der Waals surface area contributed by atoms with E-state index in [1.807, 2.05) is 30.3 Å². The number of unbranched alkanes of at least 4 members (excludes halogenated alkanes) is 8. The second-order valence-corrected chi connectivity index (χ2v) is 9.40. The van der Waals surface area contributed by atoms with Gasteiger partial charge in [0.05, 0.1) is 79.3 Å². The van der Waals surface area contributed by atoms with Gasteiger partial charge in [0.1, 0.15) is 6.61 Å². The van der Waals surface area contributed by atoms with Crippen molar-refractivity contribution in [3.05, 3.63) is 35.9 Å². The predicted octanol–water partition coefficient (Wildman–Crippen LogP) is 5.75. The molecule has 0 fully saturated rings. The Morgan fingerprint density at radius 1 is 0.513 bits per heavy atom. The molecule has 0 unspecified atom stereocenters. The molecule has 0 aromatic heterocycles. The highest BCUT2D eigenvalue weighted by Gasteiger charge is 2.02. The maximum Gasteiger partial charge on any atom is 0.305 e. The lowest BCUT2D eigenvalue weighted by Crippen LogP contribution is -2.15. The first kappa shape index (κ1) is 35.5. The molecule has 0 amide bonds. The first-order valence-corrected chi connectivity index (χ1v) is 15.0. The zero-order valence-corrected chi connectivity index (χ0v) is 24.4. The van der Waals surface area contributed by atoms with Crippen molar-refractivity contribution in [1.29, 1.82) is 0 Å². The minimum absolute atomic E-state index is 0.129. The first-order valence-electron chi connectivity index (χ1n) is 15.0. The average molecular weight is 555 g/mol. The second kappa shape index (κ2) is 29.4. The van der Waals surface area contributed by atoms with Gasteiger partial charge in [-0.05, 0) is 12.0 Å². The Labute approximate surface area is 237 Å². The van der Waals surface area contributed by atoms with Crippen LogP contribution in [0.25, 0.3) is 0 Å². The molecule has 1 rings (SSSR count). The molecule has 8 nitrogen and oxygen atoms in total. The van der Waals surface area contributed by atoms with Gasteiger partial charge in [-0.3, -0.25) is 4.79 Å². The Kier molecular flexibility index (Phi) is 26.8. The second-order valence-electron chi connectivity index (χ2n) is 9.40. The van der Waals surface area contributed by atoms with E-state index >= 15 is 0 Å². The summed E-state index contributed by atoms with van der Waals surface area (Å²) in [5.41, 5.74) is 1.16. The molecule has 1 aromatic rings. The number of ether oxygens (including phenoxy) is 7. The van der Waals surface area contributed by atoms with Gasteiger partial charge in [0.25, 0.3) is 0 Å². The number of carbonyl (C=O) groups is 1. The average Bonchev–Trinajstić information content (AvgIpc) is 2.95. The normalized spacial score (nSPS) is 11.2. The summed E-state index contributed by atoms with van der Waals surface area (Å²) >= 11 is 0. The van der Waals surface area contributed by atoms with Crippen LogP contribution in [0.3, 0.4) is 0 Å². The summed E-state index contributed by atoms with van der Waals surface area (Å²) in [6, 6.07) is 10.1. The smallest absolute Gasteiger partial charge is 0.305 e. The third kappa shape index (κ3) is 26.4. The van der Waals surface area contributed by atoms with Crippen LogP contribution in [0.5, 0.6) is 0 Å². The lowest BCUT2D eigenvalue weighted by Gasteiger charge is -2.08. The van der Waals surface area contributed by atoms with E-state index in [1.54, 1.807) is 0 Å². The number of benzene rings is 1. The molecule has 0 aliphatic carbocycles. The Hall–Kier alpha value is -1.55.